The minimum absolute atomic E-state index is 0.000559. The SMILES string of the molecule is COc1ccc(OCc2cc(C)cc(C3C(C#N)=C(N)N(c4ccc(Cl)cc4C(F)(F)F)C4=C3C(=O)CC(C)(C)C4)c2C)cc1. The highest BCUT2D eigenvalue weighted by atomic mass is 35.5. The van der Waals surface area contributed by atoms with Crippen molar-refractivity contribution in [3.8, 4) is 17.6 Å². The van der Waals surface area contributed by atoms with Gasteiger partial charge < -0.3 is 15.2 Å². The van der Waals surface area contributed by atoms with Gasteiger partial charge in [-0.25, -0.2) is 0 Å². The molecular formula is C35H33ClF3N3O3. The van der Waals surface area contributed by atoms with Gasteiger partial charge in [0, 0.05) is 22.7 Å². The number of nitrogens with two attached hydrogens (primary N) is 1. The normalized spacial score (nSPS) is 18.1. The number of methoxy groups -OCH3 is 1. The fourth-order valence-corrected chi connectivity index (χ4v) is 6.44. The Balaban J connectivity index is 1.69. The van der Waals surface area contributed by atoms with E-state index in [0.717, 1.165) is 22.8 Å². The molecule has 0 spiro atoms. The van der Waals surface area contributed by atoms with Crippen LogP contribution < -0.4 is 20.1 Å². The second-order valence-corrected chi connectivity index (χ2v) is 12.7. The maximum absolute atomic E-state index is 14.4. The summed E-state index contributed by atoms with van der Waals surface area (Å²) in [6.07, 6.45) is -4.34. The molecule has 1 aliphatic carbocycles. The first kappa shape index (κ1) is 32.0. The van der Waals surface area contributed by atoms with Crippen LogP contribution >= 0.6 is 11.6 Å². The Kier molecular flexibility index (Phi) is 8.41. The van der Waals surface area contributed by atoms with Crippen LogP contribution in [-0.4, -0.2) is 12.9 Å². The minimum Gasteiger partial charge on any atom is -0.497 e. The van der Waals surface area contributed by atoms with Crippen molar-refractivity contribution in [1.82, 2.24) is 0 Å². The molecule has 0 radical (unpaired) electrons. The molecule has 45 heavy (non-hydrogen) atoms. The third-order valence-corrected chi connectivity index (χ3v) is 8.59. The lowest BCUT2D eigenvalue weighted by Gasteiger charge is -2.44. The zero-order valence-electron chi connectivity index (χ0n) is 25.6. The summed E-state index contributed by atoms with van der Waals surface area (Å²) in [7, 11) is 1.58. The van der Waals surface area contributed by atoms with Gasteiger partial charge in [-0.1, -0.05) is 43.1 Å². The molecule has 2 aliphatic rings. The summed E-state index contributed by atoms with van der Waals surface area (Å²) in [5.74, 6) is 0.0617. The Labute approximate surface area is 265 Å². The van der Waals surface area contributed by atoms with Gasteiger partial charge in [0.05, 0.1) is 35.9 Å². The number of alkyl halides is 3. The van der Waals surface area contributed by atoms with Crippen molar-refractivity contribution in [1.29, 1.82) is 5.26 Å². The first-order valence-electron chi connectivity index (χ1n) is 14.3. The molecule has 0 bridgehead atoms. The van der Waals surface area contributed by atoms with Gasteiger partial charge in [0.25, 0.3) is 0 Å². The molecule has 0 fully saturated rings. The average molecular weight is 636 g/mol. The summed E-state index contributed by atoms with van der Waals surface area (Å²) < 4.78 is 54.3. The number of benzene rings is 3. The van der Waals surface area contributed by atoms with Crippen molar-refractivity contribution < 1.29 is 27.4 Å². The third kappa shape index (κ3) is 6.12. The van der Waals surface area contributed by atoms with Gasteiger partial charge in [-0.3, -0.25) is 9.69 Å². The largest absolute Gasteiger partial charge is 0.497 e. The van der Waals surface area contributed by atoms with Gasteiger partial charge in [-0.15, -0.1) is 0 Å². The lowest BCUT2D eigenvalue weighted by Crippen LogP contribution is -2.42. The number of carbonyl (C=O) groups is 1. The average Bonchev–Trinajstić information content (AvgIpc) is 2.96. The molecule has 5 rings (SSSR count). The van der Waals surface area contributed by atoms with E-state index in [0.29, 0.717) is 22.8 Å². The number of halogens is 4. The van der Waals surface area contributed by atoms with Crippen LogP contribution in [0.1, 0.15) is 60.4 Å². The van der Waals surface area contributed by atoms with Gasteiger partial charge in [0.15, 0.2) is 5.78 Å². The van der Waals surface area contributed by atoms with Crippen molar-refractivity contribution in [3.05, 3.63) is 110 Å². The van der Waals surface area contributed by atoms with Gasteiger partial charge in [0.2, 0.25) is 0 Å². The zero-order valence-corrected chi connectivity index (χ0v) is 26.4. The number of ketones is 1. The van der Waals surface area contributed by atoms with E-state index in [1.54, 1.807) is 31.4 Å². The molecule has 0 amide bonds. The molecule has 0 aromatic heterocycles. The number of Topliss-reactive ketones (excluding diaryl/α,β-unsaturated/α-hetero) is 1. The van der Waals surface area contributed by atoms with E-state index in [-0.39, 0.29) is 52.9 Å². The highest BCUT2D eigenvalue weighted by Crippen LogP contribution is 2.52. The van der Waals surface area contributed by atoms with Crippen molar-refractivity contribution in [2.45, 2.75) is 59.2 Å². The van der Waals surface area contributed by atoms with Crippen molar-refractivity contribution >= 4 is 23.1 Å². The summed E-state index contributed by atoms with van der Waals surface area (Å²) in [5, 5.41) is 10.4. The molecule has 0 saturated carbocycles. The molecule has 0 saturated heterocycles. The summed E-state index contributed by atoms with van der Waals surface area (Å²) in [5.41, 5.74) is 8.60. The number of nitrogens with zero attached hydrogens (tertiary/aromatic N) is 2. The number of hydrogen-bond acceptors (Lipinski definition) is 6. The van der Waals surface area contributed by atoms with Crippen LogP contribution in [0.15, 0.2) is 77.3 Å². The van der Waals surface area contributed by atoms with Crippen molar-refractivity contribution in [2.75, 3.05) is 12.0 Å². The summed E-state index contributed by atoms with van der Waals surface area (Å²) in [6.45, 7) is 7.77. The molecule has 1 unspecified atom stereocenters. The molecule has 1 heterocycles. The second-order valence-electron chi connectivity index (χ2n) is 12.2. The Bertz CT molecular complexity index is 1790. The van der Waals surface area contributed by atoms with Gasteiger partial charge >= 0.3 is 6.18 Å². The van der Waals surface area contributed by atoms with E-state index in [2.05, 4.69) is 6.07 Å². The number of nitriles is 1. The van der Waals surface area contributed by atoms with Crippen LogP contribution in [0.5, 0.6) is 11.5 Å². The number of anilines is 1. The fraction of sp³-hybridized carbons (Fsp3) is 0.314. The standard InChI is InChI=1S/C35H33ClF3N3O3/c1-19-12-21(18-45-24-9-7-23(44-5)8-10-24)20(2)25(13-19)31-26(17-40)33(41)42(29-15-34(3,4)16-30(43)32(29)31)28-11-6-22(36)14-27(28)35(37,38)39/h6-14,31H,15-16,18,41H2,1-5H3. The predicted octanol–water partition coefficient (Wildman–Crippen LogP) is 8.50. The summed E-state index contributed by atoms with van der Waals surface area (Å²) >= 11 is 5.99. The molecule has 3 aromatic carbocycles. The Hall–Kier alpha value is -4.42. The molecule has 6 nitrogen and oxygen atoms in total. The number of aryl methyl sites for hydroxylation is 1. The van der Waals surface area contributed by atoms with Crippen LogP contribution in [0.25, 0.3) is 0 Å². The monoisotopic (exact) mass is 635 g/mol. The first-order chi connectivity index (χ1) is 21.1. The smallest absolute Gasteiger partial charge is 0.418 e. The zero-order chi connectivity index (χ0) is 32.8. The van der Waals surface area contributed by atoms with E-state index >= 15 is 0 Å². The third-order valence-electron chi connectivity index (χ3n) is 8.35. The van der Waals surface area contributed by atoms with Crippen molar-refractivity contribution in [2.24, 2.45) is 11.1 Å². The molecule has 10 heteroatoms. The highest BCUT2D eigenvalue weighted by molar-refractivity contribution is 6.30. The van der Waals surface area contributed by atoms with Gasteiger partial charge in [-0.05, 0) is 84.8 Å². The molecule has 1 atom stereocenters. The van der Waals surface area contributed by atoms with Crippen LogP contribution in [0, 0.1) is 30.6 Å². The Morgan fingerprint density at radius 3 is 2.36 bits per heavy atom. The van der Waals surface area contributed by atoms with Crippen LogP contribution in [-0.2, 0) is 17.6 Å². The first-order valence-corrected chi connectivity index (χ1v) is 14.7. The minimum atomic E-state index is -4.77. The van der Waals surface area contributed by atoms with E-state index < -0.39 is 23.1 Å². The Morgan fingerprint density at radius 2 is 1.73 bits per heavy atom. The summed E-state index contributed by atoms with van der Waals surface area (Å²) in [6, 6.07) is 16.6. The molecule has 3 aromatic rings. The quantitative estimate of drug-likeness (QED) is 0.292. The van der Waals surface area contributed by atoms with Crippen molar-refractivity contribution in [3.63, 3.8) is 0 Å². The number of ether oxygens (including phenoxy) is 2. The van der Waals surface area contributed by atoms with Gasteiger partial charge in [0.1, 0.15) is 23.9 Å². The number of rotatable bonds is 6. The Morgan fingerprint density at radius 1 is 1.07 bits per heavy atom. The summed E-state index contributed by atoms with van der Waals surface area (Å²) in [4.78, 5) is 15.3. The maximum atomic E-state index is 14.4. The second kappa shape index (κ2) is 11.8. The number of carbonyl (C=O) groups excluding carboxylic acids is 1. The lowest BCUT2D eigenvalue weighted by molar-refractivity contribution is -0.137. The van der Waals surface area contributed by atoms with Crippen LogP contribution in [0.3, 0.4) is 0 Å². The van der Waals surface area contributed by atoms with Crippen LogP contribution in [0.4, 0.5) is 18.9 Å². The predicted molar refractivity (Wildman–Crippen MR) is 167 cm³/mol. The maximum Gasteiger partial charge on any atom is 0.418 e. The van der Waals surface area contributed by atoms with E-state index in [9.17, 15) is 23.2 Å². The molecule has 1 aliphatic heterocycles. The van der Waals surface area contributed by atoms with Gasteiger partial charge in [-0.2, -0.15) is 18.4 Å². The van der Waals surface area contributed by atoms with E-state index in [4.69, 9.17) is 26.8 Å². The lowest BCUT2D eigenvalue weighted by atomic mass is 9.67. The number of hydrogen-bond donors (Lipinski definition) is 1. The molecule has 234 valence electrons. The van der Waals surface area contributed by atoms with E-state index in [1.165, 1.54) is 17.0 Å². The van der Waals surface area contributed by atoms with Crippen LogP contribution in [0.2, 0.25) is 5.02 Å². The molecule has 2 N–H and O–H groups in total. The van der Waals surface area contributed by atoms with E-state index in [1.807, 2.05) is 39.8 Å². The topological polar surface area (TPSA) is 88.6 Å². The molecular weight excluding hydrogens is 603 g/mol. The highest BCUT2D eigenvalue weighted by Gasteiger charge is 2.47. The fourth-order valence-electron chi connectivity index (χ4n) is 6.27. The number of allylic oxidation sites excluding steroid dienone is 3.